The van der Waals surface area contributed by atoms with E-state index in [0.29, 0.717) is 5.28 Å². The highest BCUT2D eigenvalue weighted by Crippen LogP contribution is 2.26. The molecule has 0 heterocycles. The molecule has 0 fully saturated rings. The van der Waals surface area contributed by atoms with Gasteiger partial charge in [-0.25, -0.2) is 3.99 Å². The van der Waals surface area contributed by atoms with E-state index in [9.17, 15) is 0 Å². The number of halogens is 2. The first kappa shape index (κ1) is 13.5. The van der Waals surface area contributed by atoms with E-state index in [1.54, 1.807) is 0 Å². The maximum absolute atomic E-state index is 8.80. The number of diazo groups is 1. The van der Waals surface area contributed by atoms with Crippen molar-refractivity contribution in [2.75, 3.05) is 6.17 Å². The number of nitrogens with zero attached hydrogens (tertiary/aromatic N) is 3. The minimum Gasteiger partial charge on any atom is -0.396 e. The van der Waals surface area contributed by atoms with Gasteiger partial charge < -0.3 is 20.1 Å². The van der Waals surface area contributed by atoms with Gasteiger partial charge in [-0.05, 0) is 0 Å². The van der Waals surface area contributed by atoms with Crippen LogP contribution in [0.1, 0.15) is 6.92 Å². The van der Waals surface area contributed by atoms with Crippen molar-refractivity contribution in [1.29, 1.82) is 5.39 Å². The Morgan fingerprint density at radius 1 is 1.38 bits per heavy atom. The largest absolute Gasteiger partial charge is 0.567 e. The average Bonchev–Trinajstić information content (AvgIpc) is 1.98. The van der Waals surface area contributed by atoms with Crippen LogP contribution in [0, 0.1) is 5.39 Å². The van der Waals surface area contributed by atoms with Gasteiger partial charge in [0.05, 0.1) is 8.07 Å². The summed E-state index contributed by atoms with van der Waals surface area (Å²) in [6.45, 7) is 8.48. The smallest absolute Gasteiger partial charge is 0.396 e. The zero-order valence-corrected chi connectivity index (χ0v) is 12.3. The molecule has 0 spiro atoms. The van der Waals surface area contributed by atoms with Crippen molar-refractivity contribution in [3.8, 4) is 0 Å². The van der Waals surface area contributed by atoms with Crippen molar-refractivity contribution in [1.82, 2.24) is 3.99 Å². The summed E-state index contributed by atoms with van der Waals surface area (Å²) in [6.07, 6.45) is 0.717. The normalized spacial score (nSPS) is 12.4. The maximum Gasteiger partial charge on any atom is 0.567 e. The lowest BCUT2D eigenvalue weighted by Crippen LogP contribution is -2.47. The lowest BCUT2D eigenvalue weighted by Gasteiger charge is -2.27. The molecule has 0 rings (SSSR count). The van der Waals surface area contributed by atoms with Crippen LogP contribution in [0.15, 0.2) is 0 Å². The highest BCUT2D eigenvalue weighted by molar-refractivity contribution is 7.44. The third kappa shape index (κ3) is 5.10. The molecule has 0 aromatic rings. The van der Waals surface area contributed by atoms with Crippen LogP contribution >= 0.6 is 20.1 Å². The molecule has 0 saturated carbocycles. The third-order valence-corrected chi connectivity index (χ3v) is 8.66. The number of rotatable bonds is 4. The Hall–Kier alpha value is 0.549. The molecule has 0 amide bonds. The Morgan fingerprint density at radius 2 is 1.85 bits per heavy atom. The van der Waals surface area contributed by atoms with Gasteiger partial charge in [0.2, 0.25) is 10.5 Å². The van der Waals surface area contributed by atoms with Crippen molar-refractivity contribution in [3.63, 3.8) is 0 Å². The van der Waals surface area contributed by atoms with E-state index >= 15 is 0 Å². The molecule has 7 heteroatoms. The van der Waals surface area contributed by atoms with Crippen LogP contribution in [-0.4, -0.2) is 29.7 Å². The van der Waals surface area contributed by atoms with E-state index in [1.165, 1.54) is 3.99 Å². The fraction of sp³-hybridized carbons (Fsp3) is 1.00. The third-order valence-electron chi connectivity index (χ3n) is 1.68. The lowest BCUT2D eigenvalue weighted by atomic mass is 11.0. The zero-order valence-electron chi connectivity index (χ0n) is 8.59. The Labute approximate surface area is 91.9 Å². The van der Waals surface area contributed by atoms with Gasteiger partial charge in [-0.2, -0.15) is 0 Å². The van der Waals surface area contributed by atoms with E-state index in [0.717, 1.165) is 6.17 Å². The predicted octanol–water partition coefficient (Wildman–Crippen LogP) is 3.37. The molecule has 0 radical (unpaired) electrons. The maximum atomic E-state index is 8.80. The molecule has 0 aliphatic rings. The van der Waals surface area contributed by atoms with Crippen molar-refractivity contribution in [2.45, 2.75) is 31.8 Å². The Morgan fingerprint density at radius 3 is 2.08 bits per heavy atom. The van der Waals surface area contributed by atoms with Crippen LogP contribution in [0.2, 0.25) is 24.9 Å². The Kier molecular flexibility index (Phi) is 5.07. The number of hydrogen-bond acceptors (Lipinski definition) is 2. The van der Waals surface area contributed by atoms with Crippen LogP contribution in [0.4, 0.5) is 0 Å². The zero-order chi connectivity index (χ0) is 10.7. The summed E-state index contributed by atoms with van der Waals surface area (Å²) in [4.78, 5) is 0. The van der Waals surface area contributed by atoms with Crippen molar-refractivity contribution < 1.29 is 0 Å². The topological polar surface area (TPSA) is 31.4 Å². The second-order valence-electron chi connectivity index (χ2n) is 4.42. The highest BCUT2D eigenvalue weighted by Gasteiger charge is 2.42. The molecule has 76 valence electrons. The molecule has 0 aliphatic heterocycles. The molecule has 0 aromatic heterocycles. The van der Waals surface area contributed by atoms with Crippen molar-refractivity contribution >= 4 is 39.6 Å². The van der Waals surface area contributed by atoms with E-state index in [1.807, 2.05) is 6.92 Å². The van der Waals surface area contributed by atoms with Crippen LogP contribution in [0.3, 0.4) is 0 Å². The summed E-state index contributed by atoms with van der Waals surface area (Å²) in [5.41, 5.74) is 0. The monoisotopic (exact) mass is 255 g/mol. The standard InChI is InChI=1S/C4H11N3Si.C2H5.Al.2ClH/c1-8(2,3)4-6-7-5;1-2;;;/h4H2,1-3H3;1H2,2H3;;2*1H/q;;+2;;/p-2. The lowest BCUT2D eigenvalue weighted by molar-refractivity contribution is 0.638. The van der Waals surface area contributed by atoms with Gasteiger partial charge in [0.15, 0.2) is 0 Å². The second kappa shape index (κ2) is 4.86. The predicted molar refractivity (Wildman–Crippen MR) is 63.1 cm³/mol. The summed E-state index contributed by atoms with van der Waals surface area (Å²) in [5, 5.41) is 12.7. The van der Waals surface area contributed by atoms with Gasteiger partial charge in [-0.15, -0.1) is 5.28 Å². The molecular weight excluding hydrogens is 240 g/mol. The Bertz CT molecular complexity index is 211. The fourth-order valence-electron chi connectivity index (χ4n) is 0.937. The summed E-state index contributed by atoms with van der Waals surface area (Å²) in [5.74, 6) is 0. The summed E-state index contributed by atoms with van der Waals surface area (Å²) in [6, 6.07) is 0. The van der Waals surface area contributed by atoms with Crippen molar-refractivity contribution in [2.24, 2.45) is 0 Å². The van der Waals surface area contributed by atoms with Crippen LogP contribution < -0.4 is 0 Å². The molecule has 0 unspecified atom stereocenters. The van der Waals surface area contributed by atoms with Crippen LogP contribution in [0.5, 0.6) is 0 Å². The summed E-state index contributed by atoms with van der Waals surface area (Å²) in [7, 11) is 10.9. The van der Waals surface area contributed by atoms with E-state index in [4.69, 9.17) is 25.5 Å². The molecule has 13 heavy (non-hydrogen) atoms. The van der Waals surface area contributed by atoms with Gasteiger partial charge in [0, 0.05) is 6.17 Å². The van der Waals surface area contributed by atoms with Gasteiger partial charge in [0.25, 0.3) is 0 Å². The van der Waals surface area contributed by atoms with Crippen molar-refractivity contribution in [3.05, 3.63) is 5.08 Å². The molecule has 0 bridgehead atoms. The fourth-order valence-corrected chi connectivity index (χ4v) is 6.73. The van der Waals surface area contributed by atoms with E-state index in [-0.39, 0.29) is 0 Å². The minimum absolute atomic E-state index is 0.685. The van der Waals surface area contributed by atoms with Gasteiger partial charge in [-0.3, -0.25) is 0 Å². The number of hydrogen-bond donors (Lipinski definition) is 0. The quantitative estimate of drug-likeness (QED) is 0.438. The van der Waals surface area contributed by atoms with E-state index < -0.39 is 19.5 Å². The van der Waals surface area contributed by atoms with Gasteiger partial charge >= 0.3 is 11.5 Å². The first-order valence-electron chi connectivity index (χ1n) is 4.38. The molecule has 0 N–H and O–H groups in total. The van der Waals surface area contributed by atoms with Gasteiger partial charge in [-0.1, -0.05) is 26.6 Å². The Balaban J connectivity index is 4.47. The molecule has 3 nitrogen and oxygen atoms in total. The van der Waals surface area contributed by atoms with E-state index in [2.05, 4.69) is 24.7 Å². The first-order chi connectivity index (χ1) is 5.73. The van der Waals surface area contributed by atoms with Crippen LogP contribution in [-0.2, 0) is 0 Å². The molecule has 0 atom stereocenters. The molecule has 0 aliphatic carbocycles. The highest BCUT2D eigenvalue weighted by atomic mass is 35.7. The summed E-state index contributed by atoms with van der Waals surface area (Å²) < 4.78 is 1.52. The average molecular weight is 256 g/mol. The summed E-state index contributed by atoms with van der Waals surface area (Å²) >= 11 is -2.81. The minimum atomic E-state index is -2.81. The second-order valence-corrected chi connectivity index (χ2v) is 17.8. The molecule has 0 aromatic carbocycles. The van der Waals surface area contributed by atoms with Gasteiger partial charge in [0.1, 0.15) is 0 Å². The molecular formula is C6H16AlCl2N3Si. The van der Waals surface area contributed by atoms with Crippen LogP contribution in [0.25, 0.3) is 5.08 Å². The SMILES string of the molecule is C[CH2][Al-]([Cl])([Cl])[N](C[Si](C)(C)C)[N+]#N. The first-order valence-corrected chi connectivity index (χ1v) is 12.9. The molecule has 0 saturated heterocycles.